The molecular formula is C10H11FOS. The van der Waals surface area contributed by atoms with Crippen LogP contribution < -0.4 is 0 Å². The molecule has 0 unspecified atom stereocenters. The fourth-order valence-corrected chi connectivity index (χ4v) is 1.30. The molecule has 0 atom stereocenters. The first-order valence-electron chi connectivity index (χ1n) is 3.99. The lowest BCUT2D eigenvalue weighted by atomic mass is 10.4. The summed E-state index contributed by atoms with van der Waals surface area (Å²) in [6.07, 6.45) is 3.10. The van der Waals surface area contributed by atoms with E-state index in [1.165, 1.54) is 18.1 Å². The summed E-state index contributed by atoms with van der Waals surface area (Å²) in [5.74, 6) is 0. The smallest absolute Gasteiger partial charge is 0.108 e. The van der Waals surface area contributed by atoms with Crippen molar-refractivity contribution < 1.29 is 8.57 Å². The van der Waals surface area contributed by atoms with E-state index in [4.69, 9.17) is 4.18 Å². The van der Waals surface area contributed by atoms with Crippen LogP contribution in [-0.4, -0.2) is 13.3 Å². The molecule has 0 aliphatic heterocycles. The van der Waals surface area contributed by atoms with E-state index in [1.807, 2.05) is 30.3 Å². The van der Waals surface area contributed by atoms with Crippen molar-refractivity contribution in [1.29, 1.82) is 0 Å². The first-order chi connectivity index (χ1) is 6.43. The van der Waals surface area contributed by atoms with Crippen molar-refractivity contribution in [3.8, 4) is 0 Å². The zero-order valence-electron chi connectivity index (χ0n) is 7.15. The van der Waals surface area contributed by atoms with Gasteiger partial charge in [-0.2, -0.15) is 0 Å². The van der Waals surface area contributed by atoms with Crippen LogP contribution in [0.15, 0.2) is 47.4 Å². The second-order valence-electron chi connectivity index (χ2n) is 2.31. The van der Waals surface area contributed by atoms with Crippen LogP contribution in [0.2, 0.25) is 0 Å². The van der Waals surface area contributed by atoms with Gasteiger partial charge in [-0.25, -0.2) is 4.39 Å². The Morgan fingerprint density at radius 1 is 1.23 bits per heavy atom. The third-order valence-corrected chi connectivity index (χ3v) is 2.04. The van der Waals surface area contributed by atoms with Crippen molar-refractivity contribution in [3.05, 3.63) is 42.5 Å². The number of halogens is 1. The van der Waals surface area contributed by atoms with Crippen molar-refractivity contribution in [3.63, 3.8) is 0 Å². The summed E-state index contributed by atoms with van der Waals surface area (Å²) in [5, 5.41) is 0. The third kappa shape index (κ3) is 4.70. The highest BCUT2D eigenvalue weighted by Crippen LogP contribution is 2.17. The van der Waals surface area contributed by atoms with Gasteiger partial charge in [-0.05, 0) is 12.1 Å². The normalized spacial score (nSPS) is 10.8. The number of hydrogen-bond acceptors (Lipinski definition) is 2. The van der Waals surface area contributed by atoms with Gasteiger partial charge in [0.2, 0.25) is 0 Å². The van der Waals surface area contributed by atoms with Gasteiger partial charge in [0.15, 0.2) is 0 Å². The Balaban J connectivity index is 2.17. The average Bonchev–Trinajstić information content (AvgIpc) is 2.19. The van der Waals surface area contributed by atoms with E-state index < -0.39 is 6.67 Å². The number of allylic oxidation sites excluding steroid dienone is 1. The Morgan fingerprint density at radius 3 is 2.69 bits per heavy atom. The Bertz CT molecular complexity index is 248. The van der Waals surface area contributed by atoms with E-state index in [9.17, 15) is 4.39 Å². The van der Waals surface area contributed by atoms with Crippen molar-refractivity contribution in [2.75, 3.05) is 13.3 Å². The minimum atomic E-state index is -0.431. The molecule has 70 valence electrons. The topological polar surface area (TPSA) is 9.23 Å². The molecule has 0 saturated heterocycles. The number of alkyl halides is 1. The molecule has 0 aromatic heterocycles. The van der Waals surface area contributed by atoms with Crippen LogP contribution in [0.25, 0.3) is 0 Å². The summed E-state index contributed by atoms with van der Waals surface area (Å²) in [6.45, 7) is 0.00282. The minimum absolute atomic E-state index is 0.431. The van der Waals surface area contributed by atoms with Crippen LogP contribution in [-0.2, 0) is 4.18 Å². The Kier molecular flexibility index (Phi) is 5.29. The standard InChI is InChI=1S/C10H11FOS/c11-8-4-5-9-12-13-10-6-2-1-3-7-10/h1-7H,8-9H2/b5-4+. The molecule has 1 aromatic carbocycles. The largest absolute Gasteiger partial charge is 0.306 e. The molecule has 1 rings (SSSR count). The second kappa shape index (κ2) is 6.69. The van der Waals surface area contributed by atoms with Gasteiger partial charge in [0.25, 0.3) is 0 Å². The SMILES string of the molecule is FC/C=C/COSc1ccccc1. The number of hydrogen-bond donors (Lipinski definition) is 0. The second-order valence-corrected chi connectivity index (χ2v) is 3.18. The van der Waals surface area contributed by atoms with Gasteiger partial charge in [-0.15, -0.1) is 0 Å². The lowest BCUT2D eigenvalue weighted by molar-refractivity contribution is 0.427. The molecule has 0 spiro atoms. The molecule has 13 heavy (non-hydrogen) atoms. The molecule has 0 aliphatic carbocycles. The Labute approximate surface area is 81.8 Å². The molecule has 0 saturated carbocycles. The number of benzene rings is 1. The molecule has 1 aromatic rings. The van der Waals surface area contributed by atoms with Gasteiger partial charge in [0, 0.05) is 16.9 Å². The van der Waals surface area contributed by atoms with E-state index in [0.29, 0.717) is 6.61 Å². The molecule has 3 heteroatoms. The van der Waals surface area contributed by atoms with Crippen LogP contribution >= 0.6 is 12.0 Å². The average molecular weight is 198 g/mol. The van der Waals surface area contributed by atoms with Gasteiger partial charge < -0.3 is 4.18 Å². The fraction of sp³-hybridized carbons (Fsp3) is 0.200. The molecule has 0 fully saturated rings. The molecule has 0 aliphatic rings. The molecule has 1 nitrogen and oxygen atoms in total. The van der Waals surface area contributed by atoms with Crippen molar-refractivity contribution in [2.24, 2.45) is 0 Å². The van der Waals surface area contributed by atoms with E-state index in [1.54, 1.807) is 6.08 Å². The van der Waals surface area contributed by atoms with Crippen molar-refractivity contribution >= 4 is 12.0 Å². The maximum absolute atomic E-state index is 11.6. The van der Waals surface area contributed by atoms with Crippen molar-refractivity contribution in [1.82, 2.24) is 0 Å². The first-order valence-corrected chi connectivity index (χ1v) is 4.73. The van der Waals surface area contributed by atoms with Gasteiger partial charge in [0.1, 0.15) is 6.67 Å². The highest BCUT2D eigenvalue weighted by molar-refractivity contribution is 7.94. The predicted octanol–water partition coefficient (Wildman–Crippen LogP) is 3.24. The molecule has 0 N–H and O–H groups in total. The lowest BCUT2D eigenvalue weighted by Crippen LogP contribution is -1.80. The highest BCUT2D eigenvalue weighted by Gasteiger charge is 1.89. The summed E-state index contributed by atoms with van der Waals surface area (Å²) in [5.41, 5.74) is 0. The summed E-state index contributed by atoms with van der Waals surface area (Å²) in [7, 11) is 0. The quantitative estimate of drug-likeness (QED) is 0.408. The van der Waals surface area contributed by atoms with Gasteiger partial charge >= 0.3 is 0 Å². The van der Waals surface area contributed by atoms with Crippen LogP contribution in [0.5, 0.6) is 0 Å². The van der Waals surface area contributed by atoms with Gasteiger partial charge in [-0.1, -0.05) is 30.4 Å². The van der Waals surface area contributed by atoms with Crippen LogP contribution in [0, 0.1) is 0 Å². The van der Waals surface area contributed by atoms with Gasteiger partial charge in [0.05, 0.1) is 6.61 Å². The van der Waals surface area contributed by atoms with E-state index in [0.717, 1.165) is 4.90 Å². The molecule has 0 amide bonds. The van der Waals surface area contributed by atoms with Crippen LogP contribution in [0.3, 0.4) is 0 Å². The first kappa shape index (κ1) is 10.3. The number of rotatable bonds is 5. The Morgan fingerprint density at radius 2 is 2.00 bits per heavy atom. The summed E-state index contributed by atoms with van der Waals surface area (Å²) >= 11 is 1.30. The monoisotopic (exact) mass is 198 g/mol. The lowest BCUT2D eigenvalue weighted by Gasteiger charge is -1.97. The highest BCUT2D eigenvalue weighted by atomic mass is 32.2. The van der Waals surface area contributed by atoms with E-state index in [2.05, 4.69) is 0 Å². The molecule has 0 bridgehead atoms. The van der Waals surface area contributed by atoms with E-state index in [-0.39, 0.29) is 0 Å². The molecular weight excluding hydrogens is 187 g/mol. The van der Waals surface area contributed by atoms with E-state index >= 15 is 0 Å². The summed E-state index contributed by atoms with van der Waals surface area (Å²) < 4.78 is 16.8. The summed E-state index contributed by atoms with van der Waals surface area (Å²) in [6, 6.07) is 9.77. The zero-order chi connectivity index (χ0) is 9.36. The fourth-order valence-electron chi connectivity index (χ4n) is 0.748. The molecule has 0 heterocycles. The third-order valence-electron chi connectivity index (χ3n) is 1.32. The van der Waals surface area contributed by atoms with Gasteiger partial charge in [-0.3, -0.25) is 0 Å². The minimum Gasteiger partial charge on any atom is -0.306 e. The Hall–Kier alpha value is -0.800. The van der Waals surface area contributed by atoms with Crippen LogP contribution in [0.1, 0.15) is 0 Å². The maximum Gasteiger partial charge on any atom is 0.108 e. The maximum atomic E-state index is 11.6. The zero-order valence-corrected chi connectivity index (χ0v) is 7.97. The van der Waals surface area contributed by atoms with Crippen LogP contribution in [0.4, 0.5) is 4.39 Å². The predicted molar refractivity (Wildman–Crippen MR) is 53.4 cm³/mol. The molecule has 0 radical (unpaired) electrons. The van der Waals surface area contributed by atoms with Crippen molar-refractivity contribution in [2.45, 2.75) is 4.90 Å². The summed E-state index contributed by atoms with van der Waals surface area (Å²) in [4.78, 5) is 1.05.